The predicted molar refractivity (Wildman–Crippen MR) is 340 cm³/mol. The zero-order valence-electron chi connectivity index (χ0n) is 54.2. The number of rotatable bonds is 63. The van der Waals surface area contributed by atoms with Crippen LogP contribution in [0.4, 0.5) is 0 Å². The minimum atomic E-state index is -1.90. The third kappa shape index (κ3) is 49.2. The molecular formula is C71H132O12. The molecule has 488 valence electrons. The SMILES string of the molecule is CCCCCCCC/C=C\CCCCCCCCCC(=O)OC1C(OCC(COC(=O)CCCCCCCCCCCCCCCCCCCCC)OC(=O)CCCCCCCCCCCCCCCCCCC)OC(C(=O)O)C(O)C1O. The zero-order valence-corrected chi connectivity index (χ0v) is 54.2. The van der Waals surface area contributed by atoms with Crippen LogP contribution in [0.2, 0.25) is 0 Å². The summed E-state index contributed by atoms with van der Waals surface area (Å²) >= 11 is 0. The summed E-state index contributed by atoms with van der Waals surface area (Å²) in [6.07, 6.45) is 57.4. The van der Waals surface area contributed by atoms with Crippen LogP contribution in [0, 0.1) is 0 Å². The number of carboxylic acids is 1. The molecular weight excluding hydrogens is 1040 g/mol. The van der Waals surface area contributed by atoms with E-state index in [1.165, 1.54) is 238 Å². The molecule has 12 heteroatoms. The Balaban J connectivity index is 2.60. The number of aliphatic carboxylic acids is 1. The second-order valence-electron chi connectivity index (χ2n) is 24.9. The maximum atomic E-state index is 13.2. The number of ether oxygens (including phenoxy) is 5. The van der Waals surface area contributed by atoms with Crippen molar-refractivity contribution in [3.05, 3.63) is 12.2 Å². The fourth-order valence-electron chi connectivity index (χ4n) is 11.4. The molecule has 1 aliphatic rings. The lowest BCUT2D eigenvalue weighted by atomic mass is 9.98. The molecule has 0 amide bonds. The summed E-state index contributed by atoms with van der Waals surface area (Å²) < 4.78 is 28.7. The highest BCUT2D eigenvalue weighted by Gasteiger charge is 2.50. The molecule has 1 rings (SSSR count). The summed E-state index contributed by atoms with van der Waals surface area (Å²) in [5.41, 5.74) is 0. The molecule has 0 saturated carbocycles. The Bertz CT molecular complexity index is 1490. The van der Waals surface area contributed by atoms with Crippen LogP contribution in [0.5, 0.6) is 0 Å². The Morgan fingerprint density at radius 3 is 1.02 bits per heavy atom. The zero-order chi connectivity index (χ0) is 60.3. The monoisotopic (exact) mass is 1180 g/mol. The Hall–Kier alpha value is -2.54. The van der Waals surface area contributed by atoms with Gasteiger partial charge in [0, 0.05) is 19.3 Å². The van der Waals surface area contributed by atoms with E-state index in [0.717, 1.165) is 70.6 Å². The number of esters is 3. The van der Waals surface area contributed by atoms with Gasteiger partial charge < -0.3 is 39.0 Å². The highest BCUT2D eigenvalue weighted by molar-refractivity contribution is 5.74. The average molecular weight is 1180 g/mol. The second kappa shape index (κ2) is 59.8. The van der Waals surface area contributed by atoms with Gasteiger partial charge in [-0.05, 0) is 44.9 Å². The van der Waals surface area contributed by atoms with Gasteiger partial charge in [0.05, 0.1) is 6.61 Å². The van der Waals surface area contributed by atoms with Gasteiger partial charge in [-0.1, -0.05) is 315 Å². The Morgan fingerprint density at radius 1 is 0.386 bits per heavy atom. The Kier molecular flexibility index (Phi) is 56.5. The first kappa shape index (κ1) is 78.5. The van der Waals surface area contributed by atoms with E-state index in [0.29, 0.717) is 19.3 Å². The third-order valence-corrected chi connectivity index (χ3v) is 16.8. The molecule has 6 atom stereocenters. The highest BCUT2D eigenvalue weighted by Crippen LogP contribution is 2.27. The summed E-state index contributed by atoms with van der Waals surface area (Å²) in [7, 11) is 0. The van der Waals surface area contributed by atoms with E-state index in [1.54, 1.807) is 0 Å². The van der Waals surface area contributed by atoms with Crippen LogP contribution >= 0.6 is 0 Å². The largest absolute Gasteiger partial charge is 0.479 e. The topological polar surface area (TPSA) is 175 Å². The number of allylic oxidation sites excluding steroid dienone is 2. The first-order valence-electron chi connectivity index (χ1n) is 35.7. The van der Waals surface area contributed by atoms with Gasteiger partial charge in [0.25, 0.3) is 0 Å². The van der Waals surface area contributed by atoms with Crippen LogP contribution in [0.15, 0.2) is 12.2 Å². The average Bonchev–Trinajstić information content (AvgIpc) is 3.55. The lowest BCUT2D eigenvalue weighted by Gasteiger charge is -2.40. The molecule has 1 aliphatic heterocycles. The van der Waals surface area contributed by atoms with Crippen LogP contribution < -0.4 is 0 Å². The molecule has 1 heterocycles. The van der Waals surface area contributed by atoms with Crippen molar-refractivity contribution in [3.8, 4) is 0 Å². The number of hydrogen-bond acceptors (Lipinski definition) is 11. The van der Waals surface area contributed by atoms with E-state index in [-0.39, 0.29) is 25.9 Å². The van der Waals surface area contributed by atoms with Crippen LogP contribution in [-0.2, 0) is 42.9 Å². The van der Waals surface area contributed by atoms with Crippen LogP contribution in [0.3, 0.4) is 0 Å². The first-order valence-corrected chi connectivity index (χ1v) is 35.7. The minimum Gasteiger partial charge on any atom is -0.479 e. The highest BCUT2D eigenvalue weighted by atomic mass is 16.7. The van der Waals surface area contributed by atoms with Crippen molar-refractivity contribution < 1.29 is 58.2 Å². The van der Waals surface area contributed by atoms with E-state index in [4.69, 9.17) is 23.7 Å². The van der Waals surface area contributed by atoms with Crippen molar-refractivity contribution in [3.63, 3.8) is 0 Å². The fourth-order valence-corrected chi connectivity index (χ4v) is 11.4. The van der Waals surface area contributed by atoms with Crippen molar-refractivity contribution >= 4 is 23.9 Å². The van der Waals surface area contributed by atoms with Crippen molar-refractivity contribution in [1.82, 2.24) is 0 Å². The van der Waals surface area contributed by atoms with Crippen LogP contribution in [0.25, 0.3) is 0 Å². The number of aliphatic hydroxyl groups excluding tert-OH is 2. The lowest BCUT2D eigenvalue weighted by Crippen LogP contribution is -2.61. The summed E-state index contributed by atoms with van der Waals surface area (Å²) in [5.74, 6) is -3.07. The minimum absolute atomic E-state index is 0.0624. The number of carboxylic acid groups (broad SMARTS) is 1. The molecule has 0 spiro atoms. The molecule has 6 unspecified atom stereocenters. The Labute approximate surface area is 509 Å². The predicted octanol–water partition coefficient (Wildman–Crippen LogP) is 19.6. The van der Waals surface area contributed by atoms with E-state index in [9.17, 15) is 34.5 Å². The molecule has 0 aromatic heterocycles. The van der Waals surface area contributed by atoms with E-state index < -0.39 is 67.3 Å². The molecule has 0 bridgehead atoms. The first-order chi connectivity index (χ1) is 40.6. The quantitative estimate of drug-likeness (QED) is 0.0228. The number of carbonyl (C=O) groups is 4. The number of carbonyl (C=O) groups excluding carboxylic acids is 3. The molecule has 12 nitrogen and oxygen atoms in total. The summed E-state index contributed by atoms with van der Waals surface area (Å²) in [5, 5.41) is 31.7. The van der Waals surface area contributed by atoms with Gasteiger partial charge in [-0.2, -0.15) is 0 Å². The maximum Gasteiger partial charge on any atom is 0.335 e. The molecule has 0 aromatic carbocycles. The third-order valence-electron chi connectivity index (χ3n) is 16.8. The van der Waals surface area contributed by atoms with Crippen molar-refractivity contribution in [2.75, 3.05) is 13.2 Å². The van der Waals surface area contributed by atoms with E-state index in [1.807, 2.05) is 0 Å². The summed E-state index contributed by atoms with van der Waals surface area (Å²) in [6.45, 7) is 6.08. The van der Waals surface area contributed by atoms with Gasteiger partial charge in [0.1, 0.15) is 18.8 Å². The van der Waals surface area contributed by atoms with Gasteiger partial charge >= 0.3 is 23.9 Å². The van der Waals surface area contributed by atoms with Crippen molar-refractivity contribution in [2.24, 2.45) is 0 Å². The van der Waals surface area contributed by atoms with Crippen molar-refractivity contribution in [2.45, 2.75) is 404 Å². The van der Waals surface area contributed by atoms with E-state index >= 15 is 0 Å². The fraction of sp³-hybridized carbons (Fsp3) is 0.915. The lowest BCUT2D eigenvalue weighted by molar-refractivity contribution is -0.301. The molecule has 1 fully saturated rings. The summed E-state index contributed by atoms with van der Waals surface area (Å²) in [6, 6.07) is 0. The van der Waals surface area contributed by atoms with Crippen LogP contribution in [0.1, 0.15) is 367 Å². The van der Waals surface area contributed by atoms with Crippen molar-refractivity contribution in [1.29, 1.82) is 0 Å². The number of aliphatic hydroxyl groups is 2. The van der Waals surface area contributed by atoms with Crippen LogP contribution in [-0.4, -0.2) is 89.2 Å². The number of hydrogen-bond donors (Lipinski definition) is 3. The van der Waals surface area contributed by atoms with Gasteiger partial charge in [0.2, 0.25) is 0 Å². The molecule has 1 saturated heterocycles. The van der Waals surface area contributed by atoms with Gasteiger partial charge in [-0.15, -0.1) is 0 Å². The van der Waals surface area contributed by atoms with Gasteiger partial charge in [-0.25, -0.2) is 4.79 Å². The Morgan fingerprint density at radius 2 is 0.687 bits per heavy atom. The normalized spacial score (nSPS) is 17.5. The maximum absolute atomic E-state index is 13.2. The van der Waals surface area contributed by atoms with Gasteiger partial charge in [0.15, 0.2) is 24.6 Å². The number of unbranched alkanes of at least 4 members (excludes halogenated alkanes) is 47. The standard InChI is InChI=1S/C71H132O12/c1-4-7-10-13-16-19-22-25-28-31-32-35-36-39-42-45-48-51-54-57-63(72)79-60-62(81-64(73)58-55-52-49-46-43-40-37-33-29-26-23-20-17-14-11-8-5-2)61-80-71-69(67(76)66(75)68(83-71)70(77)78)82-65(74)59-56-53-50-47-44-41-38-34-30-27-24-21-18-15-12-9-6-3/h27,30,62,66-69,71,75-76H,4-26,28-29,31-61H2,1-3H3,(H,77,78)/b30-27-. The molecule has 3 N–H and O–H groups in total. The van der Waals surface area contributed by atoms with E-state index in [2.05, 4.69) is 32.9 Å². The summed E-state index contributed by atoms with van der Waals surface area (Å²) in [4.78, 5) is 51.5. The van der Waals surface area contributed by atoms with Gasteiger partial charge in [-0.3, -0.25) is 14.4 Å². The molecule has 0 aromatic rings. The molecule has 83 heavy (non-hydrogen) atoms. The smallest absolute Gasteiger partial charge is 0.335 e. The molecule has 0 aliphatic carbocycles. The molecule has 0 radical (unpaired) electrons. The second-order valence-corrected chi connectivity index (χ2v) is 24.9.